The van der Waals surface area contributed by atoms with Crippen LogP contribution in [0.5, 0.6) is 0 Å². The fourth-order valence-corrected chi connectivity index (χ4v) is 3.18. The van der Waals surface area contributed by atoms with Crippen molar-refractivity contribution in [2.45, 2.75) is 26.7 Å². The van der Waals surface area contributed by atoms with Crippen molar-refractivity contribution >= 4 is 23.0 Å². The highest BCUT2D eigenvalue weighted by molar-refractivity contribution is 6.05. The Hall–Kier alpha value is -3.40. The van der Waals surface area contributed by atoms with Crippen LogP contribution in [0.3, 0.4) is 0 Å². The predicted octanol–water partition coefficient (Wildman–Crippen LogP) is 5.60. The molecule has 2 N–H and O–H groups in total. The summed E-state index contributed by atoms with van der Waals surface area (Å²) in [5.41, 5.74) is 5.62. The van der Waals surface area contributed by atoms with Gasteiger partial charge in [0.25, 0.3) is 5.91 Å². The number of nitrogens with one attached hydrogen (secondary N) is 2. The number of rotatable bonds is 6. The average Bonchev–Trinajstić information content (AvgIpc) is 3.04. The van der Waals surface area contributed by atoms with Crippen LogP contribution >= 0.6 is 0 Å². The number of carbonyl (C=O) groups excluding carboxylic acids is 1. The summed E-state index contributed by atoms with van der Waals surface area (Å²) in [6, 6.07) is 15.4. The molecule has 1 amide bonds. The van der Waals surface area contributed by atoms with Gasteiger partial charge in [-0.2, -0.15) is 0 Å². The monoisotopic (exact) mass is 399 g/mol. The highest BCUT2D eigenvalue weighted by atomic mass is 16.1. The Kier molecular flexibility index (Phi) is 7.39. The molecule has 30 heavy (non-hydrogen) atoms. The highest BCUT2D eigenvalue weighted by Crippen LogP contribution is 2.18. The van der Waals surface area contributed by atoms with Crippen LogP contribution in [0.1, 0.15) is 48.2 Å². The van der Waals surface area contributed by atoms with E-state index >= 15 is 0 Å². The molecule has 154 valence electrons. The summed E-state index contributed by atoms with van der Waals surface area (Å²) >= 11 is 0. The molecule has 0 radical (unpaired) electrons. The number of amidine groups is 1. The molecule has 0 saturated heterocycles. The first-order valence-electron chi connectivity index (χ1n) is 10.3. The summed E-state index contributed by atoms with van der Waals surface area (Å²) in [5.74, 6) is 0.760. The third kappa shape index (κ3) is 5.80. The smallest absolute Gasteiger partial charge is 0.255 e. The van der Waals surface area contributed by atoms with Crippen LogP contribution in [-0.2, 0) is 0 Å². The maximum absolute atomic E-state index is 12.7. The summed E-state index contributed by atoms with van der Waals surface area (Å²) < 4.78 is 0. The molecule has 0 saturated carbocycles. The van der Waals surface area contributed by atoms with Crippen LogP contribution in [-0.4, -0.2) is 24.8 Å². The molecule has 1 aliphatic rings. The molecule has 2 aromatic carbocycles. The highest BCUT2D eigenvalue weighted by Gasteiger charge is 2.10. The SMILES string of the molecule is C=C/C(=C\C=C(C)C)c1ccc(C(=O)Nc2cccc(C3=NCCCCN3)c2)cc1. The quantitative estimate of drug-likeness (QED) is 0.621. The van der Waals surface area contributed by atoms with Crippen LogP contribution in [0.25, 0.3) is 5.57 Å². The first-order chi connectivity index (χ1) is 14.6. The third-order valence-corrected chi connectivity index (χ3v) is 4.84. The van der Waals surface area contributed by atoms with E-state index in [1.807, 2.05) is 60.7 Å². The number of allylic oxidation sites excluding steroid dienone is 5. The predicted molar refractivity (Wildman–Crippen MR) is 127 cm³/mol. The van der Waals surface area contributed by atoms with Crippen molar-refractivity contribution in [1.29, 1.82) is 0 Å². The van der Waals surface area contributed by atoms with E-state index in [2.05, 4.69) is 42.1 Å². The molecular weight excluding hydrogens is 370 g/mol. The Morgan fingerprint density at radius 2 is 1.83 bits per heavy atom. The van der Waals surface area contributed by atoms with E-state index in [9.17, 15) is 4.79 Å². The van der Waals surface area contributed by atoms with Gasteiger partial charge in [-0.15, -0.1) is 0 Å². The minimum absolute atomic E-state index is 0.136. The lowest BCUT2D eigenvalue weighted by molar-refractivity contribution is 0.102. The van der Waals surface area contributed by atoms with Gasteiger partial charge in [0.05, 0.1) is 0 Å². The van der Waals surface area contributed by atoms with Crippen molar-refractivity contribution in [3.05, 3.63) is 95.6 Å². The zero-order valence-electron chi connectivity index (χ0n) is 17.7. The minimum atomic E-state index is -0.136. The molecule has 0 fully saturated rings. The summed E-state index contributed by atoms with van der Waals surface area (Å²) in [4.78, 5) is 17.3. The van der Waals surface area contributed by atoms with E-state index in [1.165, 1.54) is 5.57 Å². The normalized spacial score (nSPS) is 14.1. The van der Waals surface area contributed by atoms with Crippen molar-refractivity contribution in [2.75, 3.05) is 18.4 Å². The zero-order chi connectivity index (χ0) is 21.3. The van der Waals surface area contributed by atoms with Crippen LogP contribution in [0.2, 0.25) is 0 Å². The number of benzene rings is 2. The van der Waals surface area contributed by atoms with Crippen LogP contribution < -0.4 is 10.6 Å². The molecule has 0 aliphatic carbocycles. The molecule has 4 nitrogen and oxygen atoms in total. The molecule has 0 bridgehead atoms. The second-order valence-electron chi connectivity index (χ2n) is 7.55. The standard InChI is InChI=1S/C26H29N3O/c1-4-20(11-10-19(2)3)21-12-14-22(15-13-21)26(30)29-24-9-7-8-23(18-24)25-27-16-5-6-17-28-25/h4,7-15,18H,1,5-6,16-17H2,2-3H3,(H,27,28)(H,29,30)/b20-11+. The first kappa shape index (κ1) is 21.3. The van der Waals surface area contributed by atoms with Gasteiger partial charge in [0.15, 0.2) is 0 Å². The van der Waals surface area contributed by atoms with Crippen LogP contribution in [0.15, 0.2) is 83.9 Å². The van der Waals surface area contributed by atoms with E-state index in [0.717, 1.165) is 54.2 Å². The molecule has 0 unspecified atom stereocenters. The van der Waals surface area contributed by atoms with Crippen molar-refractivity contribution in [1.82, 2.24) is 5.32 Å². The Labute approximate surface area is 179 Å². The maximum Gasteiger partial charge on any atom is 0.255 e. The van der Waals surface area contributed by atoms with Gasteiger partial charge in [-0.3, -0.25) is 9.79 Å². The van der Waals surface area contributed by atoms with Crippen molar-refractivity contribution in [3.63, 3.8) is 0 Å². The number of amides is 1. The molecule has 1 heterocycles. The Morgan fingerprint density at radius 1 is 1.07 bits per heavy atom. The molecule has 0 spiro atoms. The fraction of sp³-hybridized carbons (Fsp3) is 0.231. The molecule has 3 rings (SSSR count). The van der Waals surface area contributed by atoms with Gasteiger partial charge in [0.1, 0.15) is 5.84 Å². The second-order valence-corrected chi connectivity index (χ2v) is 7.55. The molecular formula is C26H29N3O. The minimum Gasteiger partial charge on any atom is -0.370 e. The largest absolute Gasteiger partial charge is 0.370 e. The number of aliphatic imine (C=N–C) groups is 1. The first-order valence-corrected chi connectivity index (χ1v) is 10.3. The number of carbonyl (C=O) groups is 1. The van der Waals surface area contributed by atoms with E-state index < -0.39 is 0 Å². The average molecular weight is 400 g/mol. The molecule has 0 aromatic heterocycles. The van der Waals surface area contributed by atoms with Crippen molar-refractivity contribution < 1.29 is 4.79 Å². The van der Waals surface area contributed by atoms with E-state index in [4.69, 9.17) is 0 Å². The molecule has 4 heteroatoms. The van der Waals surface area contributed by atoms with Gasteiger partial charge >= 0.3 is 0 Å². The van der Waals surface area contributed by atoms with Gasteiger partial charge < -0.3 is 10.6 Å². The topological polar surface area (TPSA) is 53.5 Å². The Bertz CT molecular complexity index is 993. The molecule has 1 aliphatic heterocycles. The lowest BCUT2D eigenvalue weighted by Crippen LogP contribution is -2.24. The third-order valence-electron chi connectivity index (χ3n) is 4.84. The summed E-state index contributed by atoms with van der Waals surface area (Å²) in [7, 11) is 0. The van der Waals surface area contributed by atoms with Gasteiger partial charge in [-0.1, -0.05) is 54.6 Å². The maximum atomic E-state index is 12.7. The summed E-state index contributed by atoms with van der Waals surface area (Å²) in [6.45, 7) is 9.76. The van der Waals surface area contributed by atoms with Gasteiger partial charge in [0, 0.05) is 29.9 Å². The Balaban J connectivity index is 1.72. The number of hydrogen-bond acceptors (Lipinski definition) is 3. The van der Waals surface area contributed by atoms with Crippen LogP contribution in [0, 0.1) is 0 Å². The number of anilines is 1. The van der Waals surface area contributed by atoms with Gasteiger partial charge in [0.2, 0.25) is 0 Å². The van der Waals surface area contributed by atoms with Gasteiger partial charge in [-0.25, -0.2) is 0 Å². The van der Waals surface area contributed by atoms with E-state index in [1.54, 1.807) is 0 Å². The lowest BCUT2D eigenvalue weighted by atomic mass is 10.0. The summed E-state index contributed by atoms with van der Waals surface area (Å²) in [5, 5.41) is 6.36. The number of hydrogen-bond donors (Lipinski definition) is 2. The Morgan fingerprint density at radius 3 is 2.57 bits per heavy atom. The fourth-order valence-electron chi connectivity index (χ4n) is 3.18. The van der Waals surface area contributed by atoms with Crippen molar-refractivity contribution in [3.8, 4) is 0 Å². The van der Waals surface area contributed by atoms with Crippen LogP contribution in [0.4, 0.5) is 5.69 Å². The number of nitrogens with zero attached hydrogens (tertiary/aromatic N) is 1. The van der Waals surface area contributed by atoms with Crippen molar-refractivity contribution in [2.24, 2.45) is 4.99 Å². The van der Waals surface area contributed by atoms with E-state index in [-0.39, 0.29) is 5.91 Å². The summed E-state index contributed by atoms with van der Waals surface area (Å²) in [6.07, 6.45) is 8.13. The molecule has 0 atom stereocenters. The lowest BCUT2D eigenvalue weighted by Gasteiger charge is -2.10. The molecule has 2 aromatic rings. The van der Waals surface area contributed by atoms with Gasteiger partial charge in [-0.05, 0) is 62.1 Å². The zero-order valence-corrected chi connectivity index (χ0v) is 17.7. The van der Waals surface area contributed by atoms with E-state index in [0.29, 0.717) is 5.56 Å². The second kappa shape index (κ2) is 10.4.